The Hall–Kier alpha value is -0.0800. The predicted octanol–water partition coefficient (Wildman–Crippen LogP) is 1.14. The smallest absolute Gasteiger partial charge is 0.159 e. The van der Waals surface area contributed by atoms with Crippen LogP contribution >= 0.6 is 0 Å². The van der Waals surface area contributed by atoms with Gasteiger partial charge in [0, 0.05) is 5.92 Å². The molecule has 1 saturated heterocycles. The lowest BCUT2D eigenvalue weighted by atomic mass is 9.99. The molecule has 1 aliphatic heterocycles. The highest BCUT2D eigenvalue weighted by Crippen LogP contribution is 2.22. The van der Waals surface area contributed by atoms with E-state index in [2.05, 4.69) is 6.92 Å². The van der Waals surface area contributed by atoms with Gasteiger partial charge in [0.2, 0.25) is 0 Å². The van der Waals surface area contributed by atoms with Crippen LogP contribution in [0.25, 0.3) is 0 Å². The first-order chi connectivity index (χ1) is 4.34. The summed E-state index contributed by atoms with van der Waals surface area (Å²) in [6, 6.07) is 0. The van der Waals surface area contributed by atoms with Gasteiger partial charge < -0.3 is 9.84 Å². The van der Waals surface area contributed by atoms with Crippen LogP contribution in [-0.2, 0) is 4.74 Å². The summed E-state index contributed by atoms with van der Waals surface area (Å²) >= 11 is 0. The average molecular weight is 130 g/mol. The van der Waals surface area contributed by atoms with Gasteiger partial charge in [0.15, 0.2) is 6.29 Å². The zero-order valence-electron chi connectivity index (χ0n) is 5.84. The average Bonchev–Trinajstić information content (AvgIpc) is 1.86. The number of aliphatic hydroxyl groups is 1. The summed E-state index contributed by atoms with van der Waals surface area (Å²) in [5, 5.41) is 8.91. The molecule has 0 radical (unpaired) electrons. The third kappa shape index (κ3) is 1.66. The molecule has 9 heavy (non-hydrogen) atoms. The highest BCUT2D eigenvalue weighted by Gasteiger charge is 2.28. The highest BCUT2D eigenvalue weighted by molar-refractivity contribution is 4.69. The molecular formula is C7H14O2. The first-order valence-corrected chi connectivity index (χ1v) is 3.64. The van der Waals surface area contributed by atoms with Crippen LogP contribution < -0.4 is 0 Å². The molecule has 1 N–H and O–H groups in total. The van der Waals surface area contributed by atoms with Gasteiger partial charge in [-0.2, -0.15) is 0 Å². The van der Waals surface area contributed by atoms with Crippen molar-refractivity contribution in [3.05, 3.63) is 0 Å². The summed E-state index contributed by atoms with van der Waals surface area (Å²) in [5.41, 5.74) is 0. The van der Waals surface area contributed by atoms with Crippen molar-refractivity contribution in [2.24, 2.45) is 5.92 Å². The summed E-state index contributed by atoms with van der Waals surface area (Å²) in [6.07, 6.45) is 3.10. The number of rotatable bonds is 3. The Balaban J connectivity index is 1.99. The third-order valence-electron chi connectivity index (χ3n) is 1.81. The van der Waals surface area contributed by atoms with Gasteiger partial charge in [-0.3, -0.25) is 0 Å². The molecule has 1 rings (SSSR count). The van der Waals surface area contributed by atoms with E-state index in [-0.39, 0.29) is 0 Å². The van der Waals surface area contributed by atoms with Gasteiger partial charge in [-0.25, -0.2) is 0 Å². The van der Waals surface area contributed by atoms with E-state index in [4.69, 9.17) is 9.84 Å². The van der Waals surface area contributed by atoms with Crippen molar-refractivity contribution in [3.8, 4) is 0 Å². The van der Waals surface area contributed by atoms with Gasteiger partial charge in [-0.1, -0.05) is 19.8 Å². The van der Waals surface area contributed by atoms with Crippen LogP contribution in [0.1, 0.15) is 26.2 Å². The molecule has 1 heterocycles. The molecule has 1 aliphatic rings. The molecule has 54 valence electrons. The lowest BCUT2D eigenvalue weighted by molar-refractivity contribution is -0.233. The van der Waals surface area contributed by atoms with Crippen molar-refractivity contribution >= 4 is 0 Å². The quantitative estimate of drug-likeness (QED) is 0.620. The first-order valence-electron chi connectivity index (χ1n) is 3.64. The maximum absolute atomic E-state index is 8.91. The van der Waals surface area contributed by atoms with Gasteiger partial charge in [0.25, 0.3) is 0 Å². The van der Waals surface area contributed by atoms with Crippen molar-refractivity contribution in [2.45, 2.75) is 32.5 Å². The highest BCUT2D eigenvalue weighted by atomic mass is 16.6. The number of ether oxygens (including phenoxy) is 1. The van der Waals surface area contributed by atoms with E-state index in [9.17, 15) is 0 Å². The minimum atomic E-state index is -0.448. The maximum atomic E-state index is 8.91. The van der Waals surface area contributed by atoms with Gasteiger partial charge >= 0.3 is 0 Å². The molecule has 0 aromatic rings. The summed E-state index contributed by atoms with van der Waals surface area (Å²) in [7, 11) is 0. The second-order valence-corrected chi connectivity index (χ2v) is 2.63. The molecule has 0 spiro atoms. The lowest BCUT2D eigenvalue weighted by Crippen LogP contribution is -2.39. The topological polar surface area (TPSA) is 29.5 Å². The maximum Gasteiger partial charge on any atom is 0.159 e. The standard InChI is InChI=1S/C7H14O2/c1-2-3-4-6-5-9-7(6)8/h6-8H,2-5H2,1H3. The Labute approximate surface area is 55.8 Å². The largest absolute Gasteiger partial charge is 0.368 e. The molecule has 2 unspecified atom stereocenters. The van der Waals surface area contributed by atoms with Gasteiger partial charge in [-0.15, -0.1) is 0 Å². The van der Waals surface area contributed by atoms with Crippen LogP contribution in [0.2, 0.25) is 0 Å². The van der Waals surface area contributed by atoms with E-state index < -0.39 is 6.29 Å². The zero-order valence-corrected chi connectivity index (χ0v) is 5.84. The number of hydrogen-bond acceptors (Lipinski definition) is 2. The summed E-state index contributed by atoms with van der Waals surface area (Å²) in [5.74, 6) is 0.435. The van der Waals surface area contributed by atoms with Crippen molar-refractivity contribution < 1.29 is 9.84 Å². The van der Waals surface area contributed by atoms with Gasteiger partial charge in [0.1, 0.15) is 0 Å². The number of aliphatic hydroxyl groups excluding tert-OH is 1. The minimum absolute atomic E-state index is 0.435. The molecule has 0 aromatic heterocycles. The SMILES string of the molecule is CCCCC1COC1O. The van der Waals surface area contributed by atoms with E-state index in [0.29, 0.717) is 5.92 Å². The monoisotopic (exact) mass is 130 g/mol. The molecule has 0 bridgehead atoms. The Morgan fingerprint density at radius 3 is 2.78 bits per heavy atom. The van der Waals surface area contributed by atoms with E-state index in [1.807, 2.05) is 0 Å². The summed E-state index contributed by atoms with van der Waals surface area (Å²) in [6.45, 7) is 2.92. The number of unbranched alkanes of at least 4 members (excludes halogenated alkanes) is 1. The molecule has 2 atom stereocenters. The Morgan fingerprint density at radius 2 is 2.44 bits per heavy atom. The summed E-state index contributed by atoms with van der Waals surface area (Å²) in [4.78, 5) is 0. The molecular weight excluding hydrogens is 116 g/mol. The molecule has 2 nitrogen and oxygen atoms in total. The van der Waals surface area contributed by atoms with Crippen LogP contribution in [-0.4, -0.2) is 18.0 Å². The van der Waals surface area contributed by atoms with Crippen molar-refractivity contribution in [2.75, 3.05) is 6.61 Å². The zero-order chi connectivity index (χ0) is 6.69. The van der Waals surface area contributed by atoms with E-state index in [1.54, 1.807) is 0 Å². The Kier molecular flexibility index (Phi) is 2.49. The normalized spacial score (nSPS) is 34.0. The van der Waals surface area contributed by atoms with Crippen molar-refractivity contribution in [1.82, 2.24) is 0 Å². The Morgan fingerprint density at radius 1 is 1.67 bits per heavy atom. The molecule has 1 fully saturated rings. The van der Waals surface area contributed by atoms with Crippen LogP contribution in [0, 0.1) is 5.92 Å². The second-order valence-electron chi connectivity index (χ2n) is 2.63. The lowest BCUT2D eigenvalue weighted by Gasteiger charge is -2.32. The van der Waals surface area contributed by atoms with Crippen molar-refractivity contribution in [3.63, 3.8) is 0 Å². The fourth-order valence-corrected chi connectivity index (χ4v) is 1.01. The molecule has 0 aromatic carbocycles. The van der Waals surface area contributed by atoms with Crippen LogP contribution in [0.15, 0.2) is 0 Å². The second kappa shape index (κ2) is 3.18. The van der Waals surface area contributed by atoms with E-state index in [1.165, 1.54) is 12.8 Å². The number of hydrogen-bond donors (Lipinski definition) is 1. The molecule has 0 amide bonds. The van der Waals surface area contributed by atoms with Gasteiger partial charge in [0.05, 0.1) is 6.61 Å². The summed E-state index contributed by atoms with van der Waals surface area (Å²) < 4.78 is 4.80. The predicted molar refractivity (Wildman–Crippen MR) is 35.0 cm³/mol. The van der Waals surface area contributed by atoms with Crippen LogP contribution in [0.3, 0.4) is 0 Å². The third-order valence-corrected chi connectivity index (χ3v) is 1.81. The van der Waals surface area contributed by atoms with Gasteiger partial charge in [-0.05, 0) is 6.42 Å². The molecule has 0 saturated carbocycles. The minimum Gasteiger partial charge on any atom is -0.368 e. The van der Waals surface area contributed by atoms with E-state index in [0.717, 1.165) is 13.0 Å². The first kappa shape index (κ1) is 7.03. The van der Waals surface area contributed by atoms with Crippen molar-refractivity contribution in [1.29, 1.82) is 0 Å². The van der Waals surface area contributed by atoms with E-state index >= 15 is 0 Å². The van der Waals surface area contributed by atoms with Crippen LogP contribution in [0.4, 0.5) is 0 Å². The fourth-order valence-electron chi connectivity index (χ4n) is 1.01. The molecule has 0 aliphatic carbocycles. The molecule has 2 heteroatoms. The Bertz CT molecular complexity index is 83.0. The van der Waals surface area contributed by atoms with Crippen LogP contribution in [0.5, 0.6) is 0 Å². The fraction of sp³-hybridized carbons (Fsp3) is 1.00.